The molecule has 1 amide bonds. The van der Waals surface area contributed by atoms with E-state index < -0.39 is 10.0 Å². The van der Waals surface area contributed by atoms with Gasteiger partial charge in [0.25, 0.3) is 0 Å². The van der Waals surface area contributed by atoms with E-state index in [0.717, 1.165) is 16.0 Å². The maximum absolute atomic E-state index is 12.6. The van der Waals surface area contributed by atoms with Crippen LogP contribution in [-0.2, 0) is 19.6 Å². The fraction of sp³-hybridized carbons (Fsp3) is 0.350. The second-order valence-corrected chi connectivity index (χ2v) is 9.60. The summed E-state index contributed by atoms with van der Waals surface area (Å²) in [5.74, 6) is 0.160. The minimum Gasteiger partial charge on any atom is -0.379 e. The van der Waals surface area contributed by atoms with Gasteiger partial charge in [0.05, 0.1) is 23.9 Å². The average molecular weight is 421 g/mol. The van der Waals surface area contributed by atoms with E-state index in [0.29, 0.717) is 32.0 Å². The highest BCUT2D eigenvalue weighted by Crippen LogP contribution is 2.24. The van der Waals surface area contributed by atoms with Gasteiger partial charge in [0.1, 0.15) is 0 Å². The third-order valence-corrected chi connectivity index (χ3v) is 7.52. The average Bonchev–Trinajstić information content (AvgIpc) is 2.70. The van der Waals surface area contributed by atoms with Crippen molar-refractivity contribution in [2.45, 2.75) is 23.6 Å². The molecule has 0 radical (unpaired) electrons. The number of carbonyl (C=O) groups is 1. The van der Waals surface area contributed by atoms with Crippen molar-refractivity contribution in [1.82, 2.24) is 4.31 Å². The molecule has 150 valence electrons. The number of anilines is 1. The van der Waals surface area contributed by atoms with Crippen LogP contribution in [0.2, 0.25) is 0 Å². The molecule has 8 heteroatoms. The van der Waals surface area contributed by atoms with Gasteiger partial charge in [-0.1, -0.05) is 17.7 Å². The zero-order valence-corrected chi connectivity index (χ0v) is 17.6. The molecule has 3 rings (SSSR count). The normalized spacial score (nSPS) is 15.4. The number of amides is 1. The molecule has 0 unspecified atom stereocenters. The highest BCUT2D eigenvalue weighted by molar-refractivity contribution is 8.00. The van der Waals surface area contributed by atoms with Crippen molar-refractivity contribution in [3.63, 3.8) is 0 Å². The number of nitrogens with one attached hydrogen (secondary N) is 1. The lowest BCUT2D eigenvalue weighted by atomic mass is 10.2. The fourth-order valence-electron chi connectivity index (χ4n) is 2.85. The maximum Gasteiger partial charge on any atom is 0.243 e. The van der Waals surface area contributed by atoms with Crippen LogP contribution in [0.25, 0.3) is 0 Å². The number of hydrogen-bond acceptors (Lipinski definition) is 5. The lowest BCUT2D eigenvalue weighted by molar-refractivity contribution is -0.113. The summed E-state index contributed by atoms with van der Waals surface area (Å²) in [4.78, 5) is 13.5. The molecule has 1 aliphatic heterocycles. The number of aryl methyl sites for hydroxylation is 2. The van der Waals surface area contributed by atoms with Crippen molar-refractivity contribution in [2.75, 3.05) is 37.4 Å². The summed E-state index contributed by atoms with van der Waals surface area (Å²) in [5, 5.41) is 2.82. The number of morpholine rings is 1. The summed E-state index contributed by atoms with van der Waals surface area (Å²) < 4.78 is 31.9. The second-order valence-electron chi connectivity index (χ2n) is 6.65. The molecule has 0 aromatic heterocycles. The van der Waals surface area contributed by atoms with Crippen molar-refractivity contribution < 1.29 is 17.9 Å². The molecule has 2 aromatic carbocycles. The summed E-state index contributed by atoms with van der Waals surface area (Å²) in [6, 6.07) is 12.5. The lowest BCUT2D eigenvalue weighted by Gasteiger charge is -2.26. The Morgan fingerprint density at radius 2 is 1.79 bits per heavy atom. The Kier molecular flexibility index (Phi) is 6.77. The van der Waals surface area contributed by atoms with Crippen molar-refractivity contribution >= 4 is 33.4 Å². The van der Waals surface area contributed by atoms with Gasteiger partial charge in [-0.15, -0.1) is 11.8 Å². The van der Waals surface area contributed by atoms with Gasteiger partial charge in [0.15, 0.2) is 0 Å². The molecule has 0 atom stereocenters. The predicted molar refractivity (Wildman–Crippen MR) is 111 cm³/mol. The van der Waals surface area contributed by atoms with Gasteiger partial charge >= 0.3 is 0 Å². The maximum atomic E-state index is 12.6. The van der Waals surface area contributed by atoms with Crippen LogP contribution in [0.5, 0.6) is 0 Å². The Labute approximate surface area is 170 Å². The predicted octanol–water partition coefficient (Wildman–Crippen LogP) is 3.06. The van der Waals surface area contributed by atoms with Crippen LogP contribution in [-0.4, -0.2) is 50.7 Å². The van der Waals surface area contributed by atoms with Crippen LogP contribution in [0.1, 0.15) is 11.1 Å². The molecule has 1 aliphatic rings. The van der Waals surface area contributed by atoms with E-state index in [1.807, 2.05) is 26.0 Å². The Morgan fingerprint density at radius 1 is 1.11 bits per heavy atom. The van der Waals surface area contributed by atoms with Crippen molar-refractivity contribution in [1.29, 1.82) is 0 Å². The standard InChI is InChI=1S/C20H24N2O4S2/c1-15-3-4-16(2)19(13-15)27-14-20(23)21-17-5-7-18(8-6-17)28(24,25)22-9-11-26-12-10-22/h3-8,13H,9-12,14H2,1-2H3,(H,21,23). The van der Waals surface area contributed by atoms with E-state index in [4.69, 9.17) is 4.74 Å². The first-order valence-corrected chi connectivity index (χ1v) is 11.5. The topological polar surface area (TPSA) is 75.7 Å². The molecule has 6 nitrogen and oxygen atoms in total. The van der Waals surface area contributed by atoms with Crippen molar-refractivity contribution in [3.8, 4) is 0 Å². The summed E-state index contributed by atoms with van der Waals surface area (Å²) in [6.07, 6.45) is 0. The number of carbonyl (C=O) groups excluding carboxylic acids is 1. The van der Waals surface area contributed by atoms with E-state index >= 15 is 0 Å². The first-order chi connectivity index (χ1) is 13.4. The number of ether oxygens (including phenoxy) is 1. The molecule has 0 saturated carbocycles. The van der Waals surface area contributed by atoms with Gasteiger partial charge in [0.2, 0.25) is 15.9 Å². The molecule has 0 bridgehead atoms. The van der Waals surface area contributed by atoms with Crippen LogP contribution >= 0.6 is 11.8 Å². The first kappa shape index (κ1) is 20.9. The van der Waals surface area contributed by atoms with Crippen molar-refractivity contribution in [3.05, 3.63) is 53.6 Å². The lowest BCUT2D eigenvalue weighted by Crippen LogP contribution is -2.40. The highest BCUT2D eigenvalue weighted by atomic mass is 32.2. The summed E-state index contributed by atoms with van der Waals surface area (Å²) in [5.41, 5.74) is 2.87. The van der Waals surface area contributed by atoms with Crippen molar-refractivity contribution in [2.24, 2.45) is 0 Å². The Balaban J connectivity index is 1.59. The summed E-state index contributed by atoms with van der Waals surface area (Å²) in [6.45, 7) is 5.58. The first-order valence-electron chi connectivity index (χ1n) is 9.04. The van der Waals surface area contributed by atoms with Gasteiger partial charge in [-0.3, -0.25) is 4.79 Å². The minimum absolute atomic E-state index is 0.130. The number of hydrogen-bond donors (Lipinski definition) is 1. The molecule has 0 spiro atoms. The molecule has 2 aromatic rings. The van der Waals surface area contributed by atoms with Crippen LogP contribution in [0.3, 0.4) is 0 Å². The molecule has 1 N–H and O–H groups in total. The number of thioether (sulfide) groups is 1. The van der Waals surface area contributed by atoms with E-state index in [1.165, 1.54) is 28.2 Å². The van der Waals surface area contributed by atoms with Crippen LogP contribution in [0.15, 0.2) is 52.3 Å². The summed E-state index contributed by atoms with van der Waals surface area (Å²) >= 11 is 1.49. The van der Waals surface area contributed by atoms with Gasteiger partial charge in [0, 0.05) is 23.7 Å². The van der Waals surface area contributed by atoms with Crippen LogP contribution < -0.4 is 5.32 Å². The van der Waals surface area contributed by atoms with E-state index in [1.54, 1.807) is 12.1 Å². The van der Waals surface area contributed by atoms with Gasteiger partial charge in [-0.05, 0) is 49.7 Å². The molecule has 0 aliphatic carbocycles. The largest absolute Gasteiger partial charge is 0.379 e. The van der Waals surface area contributed by atoms with Crippen LogP contribution in [0.4, 0.5) is 5.69 Å². The van der Waals surface area contributed by atoms with E-state index in [2.05, 4.69) is 11.4 Å². The Morgan fingerprint density at radius 3 is 2.46 bits per heavy atom. The number of benzene rings is 2. The molecular formula is C20H24N2O4S2. The fourth-order valence-corrected chi connectivity index (χ4v) is 5.18. The minimum atomic E-state index is -3.53. The van der Waals surface area contributed by atoms with Gasteiger partial charge in [-0.2, -0.15) is 4.31 Å². The van der Waals surface area contributed by atoms with Gasteiger partial charge in [-0.25, -0.2) is 8.42 Å². The molecule has 28 heavy (non-hydrogen) atoms. The quantitative estimate of drug-likeness (QED) is 0.727. The molecular weight excluding hydrogens is 396 g/mol. The number of sulfonamides is 1. The second kappa shape index (κ2) is 9.09. The smallest absolute Gasteiger partial charge is 0.243 e. The monoisotopic (exact) mass is 420 g/mol. The highest BCUT2D eigenvalue weighted by Gasteiger charge is 2.26. The third-order valence-electron chi connectivity index (χ3n) is 4.45. The number of nitrogens with zero attached hydrogens (tertiary/aromatic N) is 1. The van der Waals surface area contributed by atoms with Gasteiger partial charge < -0.3 is 10.1 Å². The molecule has 1 heterocycles. The third kappa shape index (κ3) is 5.14. The summed E-state index contributed by atoms with van der Waals surface area (Å²) in [7, 11) is -3.53. The van der Waals surface area contributed by atoms with E-state index in [9.17, 15) is 13.2 Å². The Hall–Kier alpha value is -1.87. The Bertz CT molecular complexity index is 937. The number of rotatable bonds is 6. The van der Waals surface area contributed by atoms with Crippen LogP contribution in [0, 0.1) is 13.8 Å². The molecule has 1 fully saturated rings. The zero-order valence-electron chi connectivity index (χ0n) is 16.0. The SMILES string of the molecule is Cc1ccc(C)c(SCC(=O)Nc2ccc(S(=O)(=O)N3CCOCC3)cc2)c1. The molecule has 1 saturated heterocycles. The zero-order chi connectivity index (χ0) is 20.1. The van der Waals surface area contributed by atoms with E-state index in [-0.39, 0.29) is 16.6 Å².